The zero-order valence-electron chi connectivity index (χ0n) is 16.9. The Hall–Kier alpha value is -0.610. The van der Waals surface area contributed by atoms with E-state index < -0.39 is 12.2 Å². The molecule has 0 bridgehead atoms. The molecule has 0 aliphatic rings. The minimum atomic E-state index is -0.651. The van der Waals surface area contributed by atoms with Gasteiger partial charge >= 0.3 is 5.97 Å². The fourth-order valence-electron chi connectivity index (χ4n) is 2.78. The van der Waals surface area contributed by atoms with E-state index in [1.807, 2.05) is 0 Å². The molecule has 4 heteroatoms. The molecule has 0 saturated carbocycles. The molecule has 1 N–H and O–H groups in total. The highest BCUT2D eigenvalue weighted by atomic mass is 16.5. The molecular formula is C21H42O4. The minimum absolute atomic E-state index is 0.142. The number of carbonyl (C=O) groups excluding carboxylic acids is 1. The lowest BCUT2D eigenvalue weighted by Crippen LogP contribution is -2.30. The van der Waals surface area contributed by atoms with E-state index in [2.05, 4.69) is 13.8 Å². The Morgan fingerprint density at radius 3 is 1.80 bits per heavy atom. The molecule has 0 spiro atoms. The van der Waals surface area contributed by atoms with Crippen molar-refractivity contribution in [3.05, 3.63) is 0 Å². The lowest BCUT2D eigenvalue weighted by atomic mass is 10.1. The number of ether oxygens (including phenoxy) is 2. The largest absolute Gasteiger partial charge is 0.466 e. The van der Waals surface area contributed by atoms with Gasteiger partial charge in [0.05, 0.1) is 25.2 Å². The smallest absolute Gasteiger partial charge is 0.308 e. The Morgan fingerprint density at radius 2 is 1.28 bits per heavy atom. The van der Waals surface area contributed by atoms with Crippen molar-refractivity contribution in [1.29, 1.82) is 0 Å². The van der Waals surface area contributed by atoms with Crippen LogP contribution in [0.2, 0.25) is 0 Å². The zero-order chi connectivity index (χ0) is 18.8. The van der Waals surface area contributed by atoms with E-state index in [-0.39, 0.29) is 12.4 Å². The number of hydrogen-bond acceptors (Lipinski definition) is 4. The lowest BCUT2D eigenvalue weighted by molar-refractivity contribution is -0.149. The quantitative estimate of drug-likeness (QED) is 0.263. The standard InChI is InChI=1S/C21H42O4/c1-4-6-8-10-12-14-16-24-20(19(3)22)18-21(23)25-17-15-13-11-9-7-5-2/h19-20,22H,4-18H2,1-3H3/t19-,20-/m1/s1. The van der Waals surface area contributed by atoms with E-state index in [4.69, 9.17) is 9.47 Å². The van der Waals surface area contributed by atoms with Gasteiger partial charge in [0.1, 0.15) is 0 Å². The van der Waals surface area contributed by atoms with Gasteiger partial charge in [-0.2, -0.15) is 0 Å². The van der Waals surface area contributed by atoms with E-state index >= 15 is 0 Å². The van der Waals surface area contributed by atoms with Crippen molar-refractivity contribution in [2.24, 2.45) is 0 Å². The number of hydrogen-bond donors (Lipinski definition) is 1. The van der Waals surface area contributed by atoms with Gasteiger partial charge in [-0.1, -0.05) is 78.1 Å². The van der Waals surface area contributed by atoms with Crippen molar-refractivity contribution < 1.29 is 19.4 Å². The van der Waals surface area contributed by atoms with Gasteiger partial charge < -0.3 is 14.6 Å². The molecule has 0 fully saturated rings. The SMILES string of the molecule is CCCCCCCCOC(=O)C[C@@H](OCCCCCCCC)[C@@H](C)O. The average Bonchev–Trinajstić information content (AvgIpc) is 2.59. The molecule has 0 aromatic rings. The summed E-state index contributed by atoms with van der Waals surface area (Å²) < 4.78 is 11.0. The minimum Gasteiger partial charge on any atom is -0.466 e. The molecule has 0 aromatic heterocycles. The van der Waals surface area contributed by atoms with Gasteiger partial charge in [0, 0.05) is 6.61 Å². The Bertz CT molecular complexity index is 292. The summed E-state index contributed by atoms with van der Waals surface area (Å²) in [6.45, 7) is 7.17. The predicted octanol–water partition coefficient (Wildman–Crippen LogP) is 5.41. The summed E-state index contributed by atoms with van der Waals surface area (Å²) in [5.41, 5.74) is 0. The van der Waals surface area contributed by atoms with Crippen LogP contribution < -0.4 is 0 Å². The molecule has 0 saturated heterocycles. The molecular weight excluding hydrogens is 316 g/mol. The molecule has 0 aliphatic heterocycles. The second-order valence-electron chi connectivity index (χ2n) is 7.11. The molecule has 150 valence electrons. The van der Waals surface area contributed by atoms with E-state index in [0.29, 0.717) is 13.2 Å². The zero-order valence-corrected chi connectivity index (χ0v) is 16.9. The maximum absolute atomic E-state index is 11.9. The van der Waals surface area contributed by atoms with Crippen LogP contribution in [0.5, 0.6) is 0 Å². The lowest BCUT2D eigenvalue weighted by Gasteiger charge is -2.20. The second-order valence-corrected chi connectivity index (χ2v) is 7.11. The van der Waals surface area contributed by atoms with Crippen molar-refractivity contribution in [3.63, 3.8) is 0 Å². The number of unbranched alkanes of at least 4 members (excludes halogenated alkanes) is 10. The van der Waals surface area contributed by atoms with Crippen LogP contribution in [0.4, 0.5) is 0 Å². The molecule has 25 heavy (non-hydrogen) atoms. The molecule has 2 atom stereocenters. The van der Waals surface area contributed by atoms with Gasteiger partial charge in [-0.3, -0.25) is 4.79 Å². The first-order chi connectivity index (χ1) is 12.1. The van der Waals surface area contributed by atoms with E-state index in [9.17, 15) is 9.90 Å². The molecule has 0 unspecified atom stereocenters. The van der Waals surface area contributed by atoms with E-state index in [1.54, 1.807) is 6.92 Å². The molecule has 0 heterocycles. The first kappa shape index (κ1) is 24.4. The Kier molecular flexibility index (Phi) is 17.7. The maximum atomic E-state index is 11.9. The van der Waals surface area contributed by atoms with Crippen molar-refractivity contribution in [2.45, 2.75) is 116 Å². The van der Waals surface area contributed by atoms with Crippen LogP contribution in [0, 0.1) is 0 Å². The maximum Gasteiger partial charge on any atom is 0.308 e. The number of aliphatic hydroxyl groups is 1. The molecule has 0 aromatic carbocycles. The normalized spacial score (nSPS) is 13.6. The van der Waals surface area contributed by atoms with E-state index in [1.165, 1.54) is 51.4 Å². The molecule has 0 amide bonds. The monoisotopic (exact) mass is 358 g/mol. The number of rotatable bonds is 18. The van der Waals surface area contributed by atoms with Crippen molar-refractivity contribution >= 4 is 5.97 Å². The van der Waals surface area contributed by atoms with Gasteiger partial charge in [0.2, 0.25) is 0 Å². The van der Waals surface area contributed by atoms with Gasteiger partial charge in [0.25, 0.3) is 0 Å². The number of aliphatic hydroxyl groups excluding tert-OH is 1. The van der Waals surface area contributed by atoms with E-state index in [0.717, 1.165) is 25.7 Å². The highest BCUT2D eigenvalue weighted by Crippen LogP contribution is 2.10. The summed E-state index contributed by atoms with van der Waals surface area (Å²) in [7, 11) is 0. The third-order valence-corrected chi connectivity index (χ3v) is 4.50. The summed E-state index contributed by atoms with van der Waals surface area (Å²) in [5, 5.41) is 9.79. The van der Waals surface area contributed by atoms with Crippen LogP contribution in [-0.4, -0.2) is 36.5 Å². The first-order valence-corrected chi connectivity index (χ1v) is 10.6. The van der Waals surface area contributed by atoms with Gasteiger partial charge in [0.15, 0.2) is 0 Å². The average molecular weight is 359 g/mol. The fraction of sp³-hybridized carbons (Fsp3) is 0.952. The summed E-state index contributed by atoms with van der Waals surface area (Å²) in [4.78, 5) is 11.9. The first-order valence-electron chi connectivity index (χ1n) is 10.6. The third-order valence-electron chi connectivity index (χ3n) is 4.50. The predicted molar refractivity (Wildman–Crippen MR) is 104 cm³/mol. The summed E-state index contributed by atoms with van der Waals surface area (Å²) >= 11 is 0. The third kappa shape index (κ3) is 16.6. The summed E-state index contributed by atoms with van der Waals surface area (Å²) in [5.74, 6) is -0.262. The topological polar surface area (TPSA) is 55.8 Å². The van der Waals surface area contributed by atoms with Gasteiger partial charge in [-0.05, 0) is 19.8 Å². The Balaban J connectivity index is 3.70. The van der Waals surface area contributed by atoms with Crippen LogP contribution in [0.3, 0.4) is 0 Å². The highest BCUT2D eigenvalue weighted by molar-refractivity contribution is 5.70. The molecule has 0 aliphatic carbocycles. The van der Waals surface area contributed by atoms with Gasteiger partial charge in [-0.15, -0.1) is 0 Å². The van der Waals surface area contributed by atoms with Crippen molar-refractivity contribution in [2.75, 3.05) is 13.2 Å². The summed E-state index contributed by atoms with van der Waals surface area (Å²) in [6.07, 6.45) is 13.3. The molecule has 0 rings (SSSR count). The molecule has 4 nitrogen and oxygen atoms in total. The Labute approximate surface area is 155 Å². The molecule has 0 radical (unpaired) electrons. The van der Waals surface area contributed by atoms with Crippen LogP contribution in [0.1, 0.15) is 104 Å². The second kappa shape index (κ2) is 18.2. The van der Waals surface area contributed by atoms with Crippen molar-refractivity contribution in [3.8, 4) is 0 Å². The Morgan fingerprint density at radius 1 is 0.800 bits per heavy atom. The van der Waals surface area contributed by atoms with Crippen LogP contribution >= 0.6 is 0 Å². The van der Waals surface area contributed by atoms with Crippen LogP contribution in [0.15, 0.2) is 0 Å². The van der Waals surface area contributed by atoms with Crippen LogP contribution in [0.25, 0.3) is 0 Å². The van der Waals surface area contributed by atoms with Crippen molar-refractivity contribution in [1.82, 2.24) is 0 Å². The summed E-state index contributed by atoms with van der Waals surface area (Å²) in [6, 6.07) is 0. The van der Waals surface area contributed by atoms with Crippen LogP contribution in [-0.2, 0) is 14.3 Å². The number of esters is 1. The number of carbonyl (C=O) groups is 1. The highest BCUT2D eigenvalue weighted by Gasteiger charge is 2.20. The van der Waals surface area contributed by atoms with Gasteiger partial charge in [-0.25, -0.2) is 0 Å². The fourth-order valence-corrected chi connectivity index (χ4v) is 2.78.